The number of aromatic nitrogens is 1. The molecule has 2 aromatic rings. The van der Waals surface area contributed by atoms with E-state index in [1.54, 1.807) is 30.3 Å². The molecule has 0 saturated carbocycles. The standard InChI is InChI=1S/C16H15N3O4/c1-2-22-15-6-4-11(8-17-15)18-16(21)10-3-5-13-12(7-10)19-14(20)9-23-13/h3-8H,2,9H2,1H3,(H,18,21)(H,19,20). The number of anilines is 2. The molecule has 1 aromatic heterocycles. The largest absolute Gasteiger partial charge is 0.482 e. The summed E-state index contributed by atoms with van der Waals surface area (Å²) in [4.78, 5) is 27.7. The van der Waals surface area contributed by atoms with Crippen LogP contribution in [0, 0.1) is 0 Å². The van der Waals surface area contributed by atoms with E-state index >= 15 is 0 Å². The second-order valence-electron chi connectivity index (χ2n) is 4.82. The number of benzene rings is 1. The first-order chi connectivity index (χ1) is 11.2. The van der Waals surface area contributed by atoms with Crippen molar-refractivity contribution in [3.63, 3.8) is 0 Å². The summed E-state index contributed by atoms with van der Waals surface area (Å²) in [7, 11) is 0. The molecule has 0 bridgehead atoms. The number of carbonyl (C=O) groups excluding carboxylic acids is 2. The van der Waals surface area contributed by atoms with Gasteiger partial charge in [0.1, 0.15) is 5.75 Å². The highest BCUT2D eigenvalue weighted by atomic mass is 16.5. The van der Waals surface area contributed by atoms with E-state index in [0.717, 1.165) is 0 Å². The van der Waals surface area contributed by atoms with Gasteiger partial charge in [-0.2, -0.15) is 0 Å². The minimum Gasteiger partial charge on any atom is -0.482 e. The van der Waals surface area contributed by atoms with Gasteiger partial charge in [0.05, 0.1) is 24.2 Å². The van der Waals surface area contributed by atoms with Gasteiger partial charge in [0, 0.05) is 11.6 Å². The van der Waals surface area contributed by atoms with E-state index in [4.69, 9.17) is 9.47 Å². The molecule has 0 fully saturated rings. The third kappa shape index (κ3) is 3.39. The molecule has 23 heavy (non-hydrogen) atoms. The average Bonchev–Trinajstić information content (AvgIpc) is 2.56. The summed E-state index contributed by atoms with van der Waals surface area (Å²) >= 11 is 0. The lowest BCUT2D eigenvalue weighted by molar-refractivity contribution is -0.118. The SMILES string of the molecule is CCOc1ccc(NC(=O)c2ccc3c(c2)NC(=O)CO3)cn1. The summed E-state index contributed by atoms with van der Waals surface area (Å²) in [6.45, 7) is 2.38. The minimum absolute atomic E-state index is 0.0175. The van der Waals surface area contributed by atoms with E-state index in [1.807, 2.05) is 6.92 Å². The van der Waals surface area contributed by atoms with E-state index in [0.29, 0.717) is 35.2 Å². The van der Waals surface area contributed by atoms with Crippen molar-refractivity contribution in [2.75, 3.05) is 23.8 Å². The molecule has 3 rings (SSSR count). The lowest BCUT2D eigenvalue weighted by Crippen LogP contribution is -2.25. The van der Waals surface area contributed by atoms with E-state index in [1.165, 1.54) is 6.20 Å². The van der Waals surface area contributed by atoms with Crippen LogP contribution in [0.25, 0.3) is 0 Å². The second kappa shape index (κ2) is 6.35. The van der Waals surface area contributed by atoms with Crippen LogP contribution in [-0.4, -0.2) is 30.0 Å². The first kappa shape index (κ1) is 14.8. The Kier molecular flexibility index (Phi) is 4.09. The van der Waals surface area contributed by atoms with E-state index in [-0.39, 0.29) is 18.4 Å². The Morgan fingerprint density at radius 1 is 1.39 bits per heavy atom. The molecule has 2 N–H and O–H groups in total. The molecule has 7 heteroatoms. The van der Waals surface area contributed by atoms with Crippen LogP contribution < -0.4 is 20.1 Å². The van der Waals surface area contributed by atoms with Crippen molar-refractivity contribution in [1.29, 1.82) is 0 Å². The number of fused-ring (bicyclic) bond motifs is 1. The van der Waals surface area contributed by atoms with Gasteiger partial charge in [-0.3, -0.25) is 9.59 Å². The zero-order valence-corrected chi connectivity index (χ0v) is 12.5. The highest BCUT2D eigenvalue weighted by Gasteiger charge is 2.17. The second-order valence-corrected chi connectivity index (χ2v) is 4.82. The number of hydrogen-bond acceptors (Lipinski definition) is 5. The van der Waals surface area contributed by atoms with Crippen molar-refractivity contribution >= 4 is 23.2 Å². The van der Waals surface area contributed by atoms with Gasteiger partial charge in [-0.25, -0.2) is 4.98 Å². The lowest BCUT2D eigenvalue weighted by atomic mass is 10.1. The highest BCUT2D eigenvalue weighted by Crippen LogP contribution is 2.28. The number of rotatable bonds is 4. The van der Waals surface area contributed by atoms with Crippen molar-refractivity contribution in [3.8, 4) is 11.6 Å². The van der Waals surface area contributed by atoms with Crippen LogP contribution in [-0.2, 0) is 4.79 Å². The fourth-order valence-electron chi connectivity index (χ4n) is 2.12. The van der Waals surface area contributed by atoms with E-state index in [9.17, 15) is 9.59 Å². The summed E-state index contributed by atoms with van der Waals surface area (Å²) in [5.74, 6) is 0.493. The van der Waals surface area contributed by atoms with Crippen LogP contribution >= 0.6 is 0 Å². The molecule has 2 heterocycles. The number of hydrogen-bond donors (Lipinski definition) is 2. The van der Waals surface area contributed by atoms with Crippen LogP contribution in [0.15, 0.2) is 36.5 Å². The molecule has 1 aliphatic heterocycles. The summed E-state index contributed by atoms with van der Waals surface area (Å²) in [6, 6.07) is 8.25. The van der Waals surface area contributed by atoms with Crippen molar-refractivity contribution in [1.82, 2.24) is 4.98 Å². The maximum Gasteiger partial charge on any atom is 0.262 e. The van der Waals surface area contributed by atoms with Crippen LogP contribution in [0.1, 0.15) is 17.3 Å². The van der Waals surface area contributed by atoms with Crippen LogP contribution in [0.4, 0.5) is 11.4 Å². The smallest absolute Gasteiger partial charge is 0.262 e. The zero-order valence-electron chi connectivity index (χ0n) is 12.5. The van der Waals surface area contributed by atoms with Crippen molar-refractivity contribution in [3.05, 3.63) is 42.1 Å². The quantitative estimate of drug-likeness (QED) is 0.902. The monoisotopic (exact) mass is 313 g/mol. The fraction of sp³-hybridized carbons (Fsp3) is 0.188. The van der Waals surface area contributed by atoms with Gasteiger partial charge in [-0.1, -0.05) is 0 Å². The van der Waals surface area contributed by atoms with Crippen LogP contribution in [0.2, 0.25) is 0 Å². The first-order valence-corrected chi connectivity index (χ1v) is 7.12. The maximum absolute atomic E-state index is 12.3. The Morgan fingerprint density at radius 2 is 2.26 bits per heavy atom. The number of carbonyl (C=O) groups is 2. The van der Waals surface area contributed by atoms with Gasteiger partial charge < -0.3 is 20.1 Å². The molecule has 118 valence electrons. The van der Waals surface area contributed by atoms with E-state index in [2.05, 4.69) is 15.6 Å². The predicted molar refractivity (Wildman–Crippen MR) is 83.9 cm³/mol. The lowest BCUT2D eigenvalue weighted by Gasteiger charge is -2.18. The number of amides is 2. The summed E-state index contributed by atoms with van der Waals surface area (Å²) in [5, 5.41) is 5.40. The predicted octanol–water partition coefficient (Wildman–Crippen LogP) is 2.06. The Bertz CT molecular complexity index is 743. The molecule has 0 spiro atoms. The number of nitrogens with one attached hydrogen (secondary N) is 2. The Balaban J connectivity index is 1.73. The zero-order chi connectivity index (χ0) is 16.2. The normalized spacial score (nSPS) is 12.7. The Morgan fingerprint density at radius 3 is 3.00 bits per heavy atom. The van der Waals surface area contributed by atoms with Crippen LogP contribution in [0.5, 0.6) is 11.6 Å². The van der Waals surface area contributed by atoms with Crippen molar-refractivity contribution in [2.45, 2.75) is 6.92 Å². The van der Waals surface area contributed by atoms with Gasteiger partial charge in [0.2, 0.25) is 5.88 Å². The average molecular weight is 313 g/mol. The molecule has 0 radical (unpaired) electrons. The molecule has 7 nitrogen and oxygen atoms in total. The summed E-state index contributed by atoms with van der Waals surface area (Å²) < 4.78 is 10.5. The molecule has 0 unspecified atom stereocenters. The summed E-state index contributed by atoms with van der Waals surface area (Å²) in [6.07, 6.45) is 1.52. The molecule has 0 aliphatic carbocycles. The molecule has 2 amide bonds. The molecular weight excluding hydrogens is 298 g/mol. The fourth-order valence-corrected chi connectivity index (χ4v) is 2.12. The summed E-state index contributed by atoms with van der Waals surface area (Å²) in [5.41, 5.74) is 1.44. The highest BCUT2D eigenvalue weighted by molar-refractivity contribution is 6.06. The van der Waals surface area contributed by atoms with Gasteiger partial charge in [0.25, 0.3) is 11.8 Å². The molecule has 1 aliphatic rings. The third-order valence-corrected chi connectivity index (χ3v) is 3.16. The minimum atomic E-state index is -0.307. The Hall–Kier alpha value is -3.09. The van der Waals surface area contributed by atoms with E-state index < -0.39 is 0 Å². The van der Waals surface area contributed by atoms with Crippen molar-refractivity contribution < 1.29 is 19.1 Å². The Labute approximate surface area is 132 Å². The van der Waals surface area contributed by atoms with Crippen molar-refractivity contribution in [2.24, 2.45) is 0 Å². The number of ether oxygens (including phenoxy) is 2. The topological polar surface area (TPSA) is 89.6 Å². The molecule has 0 atom stereocenters. The third-order valence-electron chi connectivity index (χ3n) is 3.16. The van der Waals surface area contributed by atoms with Gasteiger partial charge in [-0.05, 0) is 31.2 Å². The molecule has 0 saturated heterocycles. The maximum atomic E-state index is 12.3. The molecular formula is C16H15N3O4. The molecule has 1 aromatic carbocycles. The number of nitrogens with zero attached hydrogens (tertiary/aromatic N) is 1. The van der Waals surface area contributed by atoms with Gasteiger partial charge in [-0.15, -0.1) is 0 Å². The number of pyridine rings is 1. The van der Waals surface area contributed by atoms with Crippen LogP contribution in [0.3, 0.4) is 0 Å². The van der Waals surface area contributed by atoms with Gasteiger partial charge in [0.15, 0.2) is 6.61 Å². The first-order valence-electron chi connectivity index (χ1n) is 7.12. The van der Waals surface area contributed by atoms with Gasteiger partial charge >= 0.3 is 0 Å².